The molecule has 6 nitrogen and oxygen atoms in total. The Hall–Kier alpha value is -2.34. The number of nitrogens with zero attached hydrogens (tertiary/aromatic N) is 3. The van der Waals surface area contributed by atoms with Gasteiger partial charge in [0.25, 0.3) is 0 Å². The molecule has 0 spiro atoms. The van der Waals surface area contributed by atoms with Crippen molar-refractivity contribution in [2.45, 2.75) is 25.3 Å². The van der Waals surface area contributed by atoms with Gasteiger partial charge in [0.05, 0.1) is 13.7 Å². The predicted molar refractivity (Wildman–Crippen MR) is 98.4 cm³/mol. The molecule has 0 radical (unpaired) electrons. The lowest BCUT2D eigenvalue weighted by atomic mass is 10.1. The first-order chi connectivity index (χ1) is 12.1. The number of hydrogen-bond donors (Lipinski definition) is 1. The Morgan fingerprint density at radius 3 is 2.96 bits per heavy atom. The molecule has 3 rings (SSSR count). The van der Waals surface area contributed by atoms with E-state index in [0.717, 1.165) is 49.0 Å². The number of aromatic nitrogens is 1. The van der Waals surface area contributed by atoms with E-state index in [9.17, 15) is 4.79 Å². The standard InChI is InChI=1S/C19H25N3O3/c1-21(13-18(23)24)14-5-4-11-22(12-9-14)16-8-10-20-19-15(16)6-3-7-17(19)25-2/h3,6-8,10,14H,4-5,9,11-13H2,1-2H3,(H,23,24). The first-order valence-electron chi connectivity index (χ1n) is 8.69. The van der Waals surface area contributed by atoms with Crippen molar-refractivity contribution in [1.82, 2.24) is 9.88 Å². The number of hydrogen-bond acceptors (Lipinski definition) is 5. The van der Waals surface area contributed by atoms with E-state index in [1.165, 1.54) is 5.69 Å². The first-order valence-corrected chi connectivity index (χ1v) is 8.69. The number of likely N-dealkylation sites (N-methyl/N-ethyl adjacent to an activating group) is 1. The van der Waals surface area contributed by atoms with E-state index in [4.69, 9.17) is 9.84 Å². The molecule has 25 heavy (non-hydrogen) atoms. The molecular weight excluding hydrogens is 318 g/mol. The van der Waals surface area contributed by atoms with Crippen molar-refractivity contribution in [3.05, 3.63) is 30.5 Å². The van der Waals surface area contributed by atoms with E-state index in [1.807, 2.05) is 30.3 Å². The third-order valence-corrected chi connectivity index (χ3v) is 4.98. The maximum atomic E-state index is 11.0. The average molecular weight is 343 g/mol. The summed E-state index contributed by atoms with van der Waals surface area (Å²) in [6.45, 7) is 1.97. The van der Waals surface area contributed by atoms with E-state index in [1.54, 1.807) is 7.11 Å². The van der Waals surface area contributed by atoms with Crippen LogP contribution in [0, 0.1) is 0 Å². The van der Waals surface area contributed by atoms with Crippen LogP contribution in [0.4, 0.5) is 5.69 Å². The molecule has 2 aromatic rings. The van der Waals surface area contributed by atoms with Crippen LogP contribution in [0.25, 0.3) is 10.9 Å². The third kappa shape index (κ3) is 3.85. The van der Waals surface area contributed by atoms with Gasteiger partial charge in [0.1, 0.15) is 11.3 Å². The maximum Gasteiger partial charge on any atom is 0.317 e. The molecule has 2 heterocycles. The molecule has 6 heteroatoms. The molecule has 1 atom stereocenters. The van der Waals surface area contributed by atoms with Gasteiger partial charge in [-0.05, 0) is 38.4 Å². The number of carbonyl (C=O) groups is 1. The minimum Gasteiger partial charge on any atom is -0.494 e. The fourth-order valence-corrected chi connectivity index (χ4v) is 3.68. The van der Waals surface area contributed by atoms with Gasteiger partial charge in [-0.2, -0.15) is 0 Å². The number of rotatable bonds is 5. The molecule has 1 aliphatic rings. The Kier molecular flexibility index (Phi) is 5.38. The van der Waals surface area contributed by atoms with Crippen molar-refractivity contribution in [1.29, 1.82) is 0 Å². The Morgan fingerprint density at radius 1 is 1.36 bits per heavy atom. The fraction of sp³-hybridized carbons (Fsp3) is 0.474. The maximum absolute atomic E-state index is 11.0. The summed E-state index contributed by atoms with van der Waals surface area (Å²) >= 11 is 0. The van der Waals surface area contributed by atoms with Crippen molar-refractivity contribution in [3.8, 4) is 5.75 Å². The molecule has 134 valence electrons. The number of para-hydroxylation sites is 1. The summed E-state index contributed by atoms with van der Waals surface area (Å²) in [5.41, 5.74) is 2.05. The van der Waals surface area contributed by atoms with Crippen LogP contribution in [0.1, 0.15) is 19.3 Å². The second kappa shape index (κ2) is 7.70. The van der Waals surface area contributed by atoms with Gasteiger partial charge in [-0.25, -0.2) is 0 Å². The lowest BCUT2D eigenvalue weighted by molar-refractivity contribution is -0.138. The second-order valence-corrected chi connectivity index (χ2v) is 6.57. The van der Waals surface area contributed by atoms with Crippen LogP contribution in [0.2, 0.25) is 0 Å². The molecule has 1 aromatic heterocycles. The van der Waals surface area contributed by atoms with E-state index in [-0.39, 0.29) is 6.54 Å². The van der Waals surface area contributed by atoms with E-state index < -0.39 is 5.97 Å². The second-order valence-electron chi connectivity index (χ2n) is 6.57. The van der Waals surface area contributed by atoms with Crippen molar-refractivity contribution < 1.29 is 14.6 Å². The molecule has 1 N–H and O–H groups in total. The van der Waals surface area contributed by atoms with Gasteiger partial charge in [-0.15, -0.1) is 0 Å². The number of fused-ring (bicyclic) bond motifs is 1. The number of carboxylic acids is 1. The van der Waals surface area contributed by atoms with Crippen LogP contribution in [-0.2, 0) is 4.79 Å². The van der Waals surface area contributed by atoms with Gasteiger partial charge >= 0.3 is 5.97 Å². The number of benzene rings is 1. The highest BCUT2D eigenvalue weighted by atomic mass is 16.5. The van der Waals surface area contributed by atoms with E-state index >= 15 is 0 Å². The number of pyridine rings is 1. The van der Waals surface area contributed by atoms with Gasteiger partial charge in [0.15, 0.2) is 0 Å². The van der Waals surface area contributed by atoms with Crippen molar-refractivity contribution in [3.63, 3.8) is 0 Å². The molecule has 1 saturated heterocycles. The first kappa shape index (κ1) is 17.5. The van der Waals surface area contributed by atoms with Crippen LogP contribution in [-0.4, -0.2) is 60.8 Å². The zero-order chi connectivity index (χ0) is 17.8. The van der Waals surface area contributed by atoms with Crippen LogP contribution >= 0.6 is 0 Å². The highest BCUT2D eigenvalue weighted by Crippen LogP contribution is 2.32. The number of carboxylic acid groups (broad SMARTS) is 1. The average Bonchev–Trinajstić information content (AvgIpc) is 2.86. The van der Waals surface area contributed by atoms with Crippen LogP contribution in [0.3, 0.4) is 0 Å². The van der Waals surface area contributed by atoms with E-state index in [2.05, 4.69) is 22.0 Å². The molecule has 1 aromatic carbocycles. The smallest absolute Gasteiger partial charge is 0.317 e. The minimum atomic E-state index is -0.768. The van der Waals surface area contributed by atoms with Crippen molar-refractivity contribution in [2.24, 2.45) is 0 Å². The number of aliphatic carboxylic acids is 1. The number of ether oxygens (including phenoxy) is 1. The highest BCUT2D eigenvalue weighted by Gasteiger charge is 2.23. The normalized spacial score (nSPS) is 18.4. The summed E-state index contributed by atoms with van der Waals surface area (Å²) in [6.07, 6.45) is 4.85. The molecular formula is C19H25N3O3. The Balaban J connectivity index is 1.81. The van der Waals surface area contributed by atoms with E-state index in [0.29, 0.717) is 6.04 Å². The van der Waals surface area contributed by atoms with Crippen LogP contribution in [0.5, 0.6) is 5.75 Å². The summed E-state index contributed by atoms with van der Waals surface area (Å²) in [5, 5.41) is 10.1. The van der Waals surface area contributed by atoms with Gasteiger partial charge in [0.2, 0.25) is 0 Å². The van der Waals surface area contributed by atoms with Gasteiger partial charge < -0.3 is 14.7 Å². The summed E-state index contributed by atoms with van der Waals surface area (Å²) in [6, 6.07) is 8.37. The Labute approximate surface area is 148 Å². The SMILES string of the molecule is COc1cccc2c(N3CCCC(N(C)CC(=O)O)CC3)ccnc12. The largest absolute Gasteiger partial charge is 0.494 e. The third-order valence-electron chi connectivity index (χ3n) is 4.98. The topological polar surface area (TPSA) is 65.9 Å². The molecule has 0 saturated carbocycles. The molecule has 1 unspecified atom stereocenters. The fourth-order valence-electron chi connectivity index (χ4n) is 3.68. The number of methoxy groups -OCH3 is 1. The zero-order valence-electron chi connectivity index (χ0n) is 14.8. The lowest BCUT2D eigenvalue weighted by Crippen LogP contribution is -2.36. The van der Waals surface area contributed by atoms with Crippen LogP contribution in [0.15, 0.2) is 30.5 Å². The summed E-state index contributed by atoms with van der Waals surface area (Å²) in [5.74, 6) is 0.0177. The zero-order valence-corrected chi connectivity index (χ0v) is 14.8. The molecule has 0 amide bonds. The Bertz CT molecular complexity index is 750. The van der Waals surface area contributed by atoms with Gasteiger partial charge in [-0.1, -0.05) is 12.1 Å². The minimum absolute atomic E-state index is 0.0973. The molecule has 0 bridgehead atoms. The predicted octanol–water partition coefficient (Wildman–Crippen LogP) is 2.62. The summed E-state index contributed by atoms with van der Waals surface area (Å²) < 4.78 is 5.44. The molecule has 1 aliphatic heterocycles. The quantitative estimate of drug-likeness (QED) is 0.900. The van der Waals surface area contributed by atoms with Gasteiger partial charge in [0, 0.05) is 36.4 Å². The lowest BCUT2D eigenvalue weighted by Gasteiger charge is -2.27. The number of anilines is 1. The van der Waals surface area contributed by atoms with Crippen molar-refractivity contribution in [2.75, 3.05) is 38.7 Å². The highest BCUT2D eigenvalue weighted by molar-refractivity contribution is 5.95. The summed E-state index contributed by atoms with van der Waals surface area (Å²) in [4.78, 5) is 19.8. The monoisotopic (exact) mass is 343 g/mol. The van der Waals surface area contributed by atoms with Crippen molar-refractivity contribution >= 4 is 22.6 Å². The van der Waals surface area contributed by atoms with Crippen LogP contribution < -0.4 is 9.64 Å². The summed E-state index contributed by atoms with van der Waals surface area (Å²) in [7, 11) is 3.57. The van der Waals surface area contributed by atoms with Gasteiger partial charge in [-0.3, -0.25) is 14.7 Å². The molecule has 1 fully saturated rings. The Morgan fingerprint density at radius 2 is 2.20 bits per heavy atom. The molecule has 0 aliphatic carbocycles.